The number of hydrogen-bond donors (Lipinski definition) is 1. The first-order chi connectivity index (χ1) is 3.42. The highest BCUT2D eigenvalue weighted by Gasteiger charge is 2.08. The van der Waals surface area contributed by atoms with Gasteiger partial charge in [0.2, 0.25) is 7.71 Å². The van der Waals surface area contributed by atoms with Gasteiger partial charge in [-0.15, -0.1) is 0 Å². The molecule has 0 aliphatic rings. The Labute approximate surface area is 50.6 Å². The molecule has 0 saturated carbocycles. The molecule has 0 fully saturated rings. The van der Waals surface area contributed by atoms with Crippen molar-refractivity contribution < 1.29 is 4.57 Å². The molecule has 0 saturated heterocycles. The normalized spacial score (nSPS) is 17.0. The van der Waals surface area contributed by atoms with Crippen molar-refractivity contribution in [1.82, 2.24) is 0 Å². The fourth-order valence-corrected chi connectivity index (χ4v) is 3.20. The minimum atomic E-state index is -2.57. The average Bonchev–Trinajstić information content (AvgIpc) is 1.21. The van der Waals surface area contributed by atoms with Crippen molar-refractivity contribution in [2.24, 2.45) is 10.0 Å². The number of rotatable bonds is 1. The highest BCUT2D eigenvalue weighted by Crippen LogP contribution is 2.39. The summed E-state index contributed by atoms with van der Waals surface area (Å²) < 4.78 is 14.5. The average molecular weight is 153 g/mol. The molecule has 0 aromatic heterocycles. The molecule has 1 unspecified atom stereocenters. The molecule has 0 spiro atoms. The van der Waals surface area contributed by atoms with Crippen LogP contribution in [0, 0.1) is 0 Å². The number of nitrogens with two attached hydrogens (primary N) is 1. The molecule has 0 aromatic rings. The summed E-state index contributed by atoms with van der Waals surface area (Å²) in [5.41, 5.74) is 5.14. The summed E-state index contributed by atoms with van der Waals surface area (Å²) in [5.74, 6) is 0. The van der Waals surface area contributed by atoms with Crippen LogP contribution in [0.1, 0.15) is 0 Å². The van der Waals surface area contributed by atoms with Gasteiger partial charge in [0.05, 0.1) is 0 Å². The van der Waals surface area contributed by atoms with E-state index in [4.69, 9.17) is 5.50 Å². The van der Waals surface area contributed by atoms with Crippen molar-refractivity contribution in [3.8, 4) is 0 Å². The van der Waals surface area contributed by atoms with Crippen molar-refractivity contribution in [3.05, 3.63) is 0 Å². The zero-order valence-electron chi connectivity index (χ0n) is 5.33. The van der Waals surface area contributed by atoms with Crippen molar-refractivity contribution in [2.75, 3.05) is 20.0 Å². The van der Waals surface area contributed by atoms with Crippen molar-refractivity contribution in [3.63, 3.8) is 0 Å². The van der Waals surface area contributed by atoms with Crippen LogP contribution in [-0.2, 0) is 4.57 Å². The lowest BCUT2D eigenvalue weighted by Crippen LogP contribution is -1.84. The Bertz CT molecular complexity index is 143. The third-order valence-electron chi connectivity index (χ3n) is 0.356. The molecule has 0 amide bonds. The maximum Gasteiger partial charge on any atom is 0.290 e. The van der Waals surface area contributed by atoms with Crippen LogP contribution < -0.4 is 5.50 Å². The fraction of sp³-hybridized carbons (Fsp3) is 1.00. The highest BCUT2D eigenvalue weighted by atomic mass is 31.2. The molecule has 5 heteroatoms. The van der Waals surface area contributed by atoms with Crippen molar-refractivity contribution in [1.29, 1.82) is 0 Å². The first-order valence-electron chi connectivity index (χ1n) is 2.18. The molecule has 0 bridgehead atoms. The van der Waals surface area contributed by atoms with Gasteiger partial charge in [-0.25, -0.2) is 0 Å². The van der Waals surface area contributed by atoms with E-state index in [0.717, 1.165) is 0 Å². The van der Waals surface area contributed by atoms with Gasteiger partial charge in [0.1, 0.15) is 13.3 Å². The molecule has 48 valence electrons. The summed E-state index contributed by atoms with van der Waals surface area (Å²) in [7, 11) is -3.02. The molecule has 2 N–H and O–H groups in total. The molecular weight excluding hydrogens is 142 g/mol. The largest absolute Gasteiger partial charge is 0.290 e. The lowest BCUT2D eigenvalue weighted by Gasteiger charge is -1.88. The third kappa shape index (κ3) is 6.29. The van der Waals surface area contributed by atoms with Crippen LogP contribution in [0.4, 0.5) is 0 Å². The minimum Gasteiger partial charge on any atom is -0.278 e. The summed E-state index contributed by atoms with van der Waals surface area (Å²) in [6.07, 6.45) is 0. The van der Waals surface area contributed by atoms with Crippen LogP contribution in [-0.4, -0.2) is 20.0 Å². The van der Waals surface area contributed by atoms with Crippen LogP contribution in [0.15, 0.2) is 4.52 Å². The van der Waals surface area contributed by atoms with Crippen LogP contribution in [0.5, 0.6) is 0 Å². The maximum absolute atomic E-state index is 10.7. The summed E-state index contributed by atoms with van der Waals surface area (Å²) in [5, 5.41) is 0. The van der Waals surface area contributed by atoms with E-state index in [2.05, 4.69) is 4.52 Å². The van der Waals surface area contributed by atoms with E-state index in [9.17, 15) is 4.57 Å². The molecule has 0 aliphatic carbocycles. The second-order valence-corrected chi connectivity index (χ2v) is 6.18. The van der Waals surface area contributed by atoms with Gasteiger partial charge in [0.25, 0.3) is 7.44 Å². The van der Waals surface area contributed by atoms with Crippen LogP contribution in [0.25, 0.3) is 0 Å². The SMILES string of the molecule is C[P+](C)=NP(C)(N)=O. The third-order valence-corrected chi connectivity index (χ3v) is 3.21. The van der Waals surface area contributed by atoms with E-state index in [-0.39, 0.29) is 0 Å². The van der Waals surface area contributed by atoms with Gasteiger partial charge >= 0.3 is 0 Å². The highest BCUT2D eigenvalue weighted by molar-refractivity contribution is 7.65. The summed E-state index contributed by atoms with van der Waals surface area (Å²) in [6.45, 7) is 5.30. The molecule has 3 nitrogen and oxygen atoms in total. The Kier molecular flexibility index (Phi) is 2.82. The molecule has 0 heterocycles. The van der Waals surface area contributed by atoms with E-state index in [1.807, 2.05) is 13.3 Å². The number of nitrogens with zero attached hydrogens (tertiary/aromatic N) is 1. The van der Waals surface area contributed by atoms with Crippen molar-refractivity contribution in [2.45, 2.75) is 0 Å². The second kappa shape index (κ2) is 2.72. The Balaban J connectivity index is 4.11. The predicted octanol–water partition coefficient (Wildman–Crippen LogP) is 1.69. The van der Waals surface area contributed by atoms with Crippen molar-refractivity contribution >= 4 is 15.2 Å². The van der Waals surface area contributed by atoms with Gasteiger partial charge in [-0.1, -0.05) is 0 Å². The topological polar surface area (TPSA) is 55.4 Å². The van der Waals surface area contributed by atoms with Crippen LogP contribution in [0.3, 0.4) is 0 Å². The first kappa shape index (κ1) is 8.29. The molecular formula is C3H11N2OP2+. The molecule has 0 radical (unpaired) electrons. The summed E-state index contributed by atoms with van der Waals surface area (Å²) in [6, 6.07) is 0. The van der Waals surface area contributed by atoms with Crippen LogP contribution >= 0.6 is 15.2 Å². The van der Waals surface area contributed by atoms with Gasteiger partial charge in [-0.05, 0) is 4.52 Å². The van der Waals surface area contributed by atoms with Gasteiger partial charge in [-0.2, -0.15) is 0 Å². The molecule has 0 aromatic carbocycles. The predicted molar refractivity (Wildman–Crippen MR) is 38.9 cm³/mol. The number of hydrogen-bond acceptors (Lipinski definition) is 1. The Morgan fingerprint density at radius 1 is 1.62 bits per heavy atom. The quantitative estimate of drug-likeness (QED) is 0.582. The van der Waals surface area contributed by atoms with E-state index < -0.39 is 15.2 Å². The lowest BCUT2D eigenvalue weighted by atomic mass is 11.9. The Morgan fingerprint density at radius 3 is 2.00 bits per heavy atom. The van der Waals surface area contributed by atoms with Crippen LogP contribution in [0.2, 0.25) is 0 Å². The van der Waals surface area contributed by atoms with Gasteiger partial charge in [0, 0.05) is 6.66 Å². The molecule has 0 aliphatic heterocycles. The minimum absolute atomic E-state index is 0.452. The zero-order valence-corrected chi connectivity index (χ0v) is 7.12. The maximum atomic E-state index is 10.7. The van der Waals surface area contributed by atoms with Gasteiger partial charge in [-0.3, -0.25) is 10.1 Å². The fourth-order valence-electron chi connectivity index (χ4n) is 0.355. The van der Waals surface area contributed by atoms with Gasteiger partial charge < -0.3 is 0 Å². The van der Waals surface area contributed by atoms with E-state index in [1.165, 1.54) is 6.66 Å². The zero-order chi connectivity index (χ0) is 6.78. The first-order valence-corrected chi connectivity index (χ1v) is 6.55. The smallest absolute Gasteiger partial charge is 0.278 e. The Hall–Kier alpha value is 0.290. The standard InChI is InChI=1S/C3H11N2OP2/c1-7(2)5-8(3,4)6/h1-3H3,(H2,4,6)/q+1. The summed E-state index contributed by atoms with van der Waals surface area (Å²) in [4.78, 5) is 0. The lowest BCUT2D eigenvalue weighted by molar-refractivity contribution is 0.581. The monoisotopic (exact) mass is 153 g/mol. The van der Waals surface area contributed by atoms with E-state index >= 15 is 0 Å². The molecule has 8 heavy (non-hydrogen) atoms. The molecule has 1 atom stereocenters. The van der Waals surface area contributed by atoms with Gasteiger partial charge in [0.15, 0.2) is 0 Å². The summed E-state index contributed by atoms with van der Waals surface area (Å²) >= 11 is 0. The van der Waals surface area contributed by atoms with E-state index in [1.54, 1.807) is 0 Å². The van der Waals surface area contributed by atoms with E-state index in [0.29, 0.717) is 0 Å². The second-order valence-electron chi connectivity index (χ2n) is 1.88. The molecule has 0 rings (SSSR count). The Morgan fingerprint density at radius 2 is 2.00 bits per heavy atom.